The third-order valence-corrected chi connectivity index (χ3v) is 10.4. The predicted molar refractivity (Wildman–Crippen MR) is 192 cm³/mol. The number of benzene rings is 5. The molecule has 0 fully saturated rings. The third kappa shape index (κ3) is 8.35. The lowest BCUT2D eigenvalue weighted by Gasteiger charge is -2.28. The number of rotatable bonds is 14. The Kier molecular flexibility index (Phi) is 11.3. The van der Waals surface area contributed by atoms with Crippen molar-refractivity contribution in [2.45, 2.75) is 20.8 Å². The van der Waals surface area contributed by atoms with Crippen LogP contribution in [0.3, 0.4) is 0 Å². The third-order valence-electron chi connectivity index (χ3n) is 7.32. The largest absolute Gasteiger partial charge is 0.537 e. The summed E-state index contributed by atoms with van der Waals surface area (Å²) in [4.78, 5) is 2.27. The standard InChI is InChI=1S/C40H41NO3Si/c1-4-42-45(43-5-2,44-6-3)40-31-27-36(28-32-40)24-22-34-19-17-33(18-20-34)21-23-35-25-29-39(30-26-35)41(37-13-9-7-10-14-37)38-15-11-8-12-16-38/h7-32H,4-6H2,1-3H3. The van der Waals surface area contributed by atoms with Crippen LogP contribution in [0.4, 0.5) is 17.1 Å². The Morgan fingerprint density at radius 3 is 1.09 bits per heavy atom. The fourth-order valence-electron chi connectivity index (χ4n) is 5.18. The highest BCUT2D eigenvalue weighted by Gasteiger charge is 2.43. The van der Waals surface area contributed by atoms with Crippen molar-refractivity contribution in [3.63, 3.8) is 0 Å². The van der Waals surface area contributed by atoms with Gasteiger partial charge >= 0.3 is 8.80 Å². The first-order valence-corrected chi connectivity index (χ1v) is 17.4. The molecule has 0 aliphatic rings. The van der Waals surface area contributed by atoms with E-state index < -0.39 is 8.80 Å². The molecule has 0 atom stereocenters. The van der Waals surface area contributed by atoms with Gasteiger partial charge in [-0.25, -0.2) is 0 Å². The van der Waals surface area contributed by atoms with Crippen molar-refractivity contribution in [3.8, 4) is 0 Å². The van der Waals surface area contributed by atoms with Gasteiger partial charge in [-0.2, -0.15) is 0 Å². The number of hydrogen-bond acceptors (Lipinski definition) is 4. The predicted octanol–water partition coefficient (Wildman–Crippen LogP) is 9.75. The zero-order valence-corrected chi connectivity index (χ0v) is 27.3. The summed E-state index contributed by atoms with van der Waals surface area (Å²) < 4.78 is 18.1. The average molecular weight is 612 g/mol. The second kappa shape index (κ2) is 16.0. The maximum absolute atomic E-state index is 6.04. The first-order valence-electron chi connectivity index (χ1n) is 15.6. The highest BCUT2D eigenvalue weighted by Crippen LogP contribution is 2.34. The fraction of sp³-hybridized carbons (Fsp3) is 0.150. The van der Waals surface area contributed by atoms with E-state index in [1.54, 1.807) is 0 Å². The summed E-state index contributed by atoms with van der Waals surface area (Å²) in [5.74, 6) is 0. The Bertz CT molecular complexity index is 1590. The molecule has 0 heterocycles. The van der Waals surface area contributed by atoms with E-state index in [0.717, 1.165) is 44.5 Å². The molecule has 0 bridgehead atoms. The van der Waals surface area contributed by atoms with Crippen LogP contribution in [-0.2, 0) is 13.3 Å². The summed E-state index contributed by atoms with van der Waals surface area (Å²) >= 11 is 0. The molecular weight excluding hydrogens is 571 g/mol. The Balaban J connectivity index is 1.23. The van der Waals surface area contributed by atoms with Crippen LogP contribution in [0.5, 0.6) is 0 Å². The van der Waals surface area contributed by atoms with E-state index >= 15 is 0 Å². The SMILES string of the molecule is CCO[Si](OCC)(OCC)c1ccc(C=Cc2ccc(C=Cc3ccc(N(c4ccccc4)c4ccccc4)cc3)cc2)cc1. The van der Waals surface area contributed by atoms with Gasteiger partial charge in [0.25, 0.3) is 0 Å². The summed E-state index contributed by atoms with van der Waals surface area (Å²) in [6.07, 6.45) is 8.56. The Morgan fingerprint density at radius 2 is 0.733 bits per heavy atom. The smallest absolute Gasteiger partial charge is 0.370 e. The van der Waals surface area contributed by atoms with Crippen LogP contribution in [0.1, 0.15) is 43.0 Å². The molecule has 4 nitrogen and oxygen atoms in total. The highest BCUT2D eigenvalue weighted by molar-refractivity contribution is 6.75. The van der Waals surface area contributed by atoms with E-state index in [-0.39, 0.29) is 0 Å². The van der Waals surface area contributed by atoms with E-state index in [4.69, 9.17) is 13.3 Å². The molecule has 0 amide bonds. The lowest BCUT2D eigenvalue weighted by atomic mass is 10.1. The van der Waals surface area contributed by atoms with E-state index in [1.165, 1.54) is 0 Å². The van der Waals surface area contributed by atoms with Crippen molar-refractivity contribution in [1.82, 2.24) is 0 Å². The minimum atomic E-state index is -2.89. The van der Waals surface area contributed by atoms with E-state index in [9.17, 15) is 0 Å². The van der Waals surface area contributed by atoms with Gasteiger partial charge in [0.2, 0.25) is 0 Å². The Morgan fingerprint density at radius 1 is 0.422 bits per heavy atom. The number of hydrogen-bond donors (Lipinski definition) is 0. The number of nitrogens with zero attached hydrogens (tertiary/aromatic N) is 1. The van der Waals surface area contributed by atoms with E-state index in [0.29, 0.717) is 19.8 Å². The molecular formula is C40H41NO3Si. The molecule has 0 N–H and O–H groups in total. The number of para-hydroxylation sites is 2. The van der Waals surface area contributed by atoms with Gasteiger partial charge in [-0.15, -0.1) is 0 Å². The zero-order chi connectivity index (χ0) is 31.3. The van der Waals surface area contributed by atoms with Gasteiger partial charge in [-0.3, -0.25) is 0 Å². The van der Waals surface area contributed by atoms with Crippen LogP contribution in [0, 0.1) is 0 Å². The van der Waals surface area contributed by atoms with Gasteiger partial charge in [0.15, 0.2) is 0 Å². The maximum Gasteiger partial charge on any atom is 0.537 e. The van der Waals surface area contributed by atoms with Crippen molar-refractivity contribution in [3.05, 3.63) is 156 Å². The second-order valence-corrected chi connectivity index (χ2v) is 13.0. The quantitative estimate of drug-likeness (QED) is 0.0924. The van der Waals surface area contributed by atoms with Gasteiger partial charge in [0.05, 0.1) is 0 Å². The molecule has 5 heteroatoms. The first kappa shape index (κ1) is 31.9. The summed E-state index contributed by atoms with van der Waals surface area (Å²) in [6.45, 7) is 7.57. The van der Waals surface area contributed by atoms with Gasteiger partial charge in [0.1, 0.15) is 0 Å². The van der Waals surface area contributed by atoms with Crippen molar-refractivity contribution in [1.29, 1.82) is 0 Å². The van der Waals surface area contributed by atoms with Crippen LogP contribution in [0.15, 0.2) is 133 Å². The first-order chi connectivity index (χ1) is 22.1. The van der Waals surface area contributed by atoms with Gasteiger partial charge in [0, 0.05) is 42.1 Å². The molecule has 45 heavy (non-hydrogen) atoms. The zero-order valence-electron chi connectivity index (χ0n) is 26.3. The van der Waals surface area contributed by atoms with Gasteiger partial charge in [-0.05, 0) is 79.4 Å². The molecule has 0 saturated carbocycles. The van der Waals surface area contributed by atoms with Crippen LogP contribution < -0.4 is 10.1 Å². The minimum absolute atomic E-state index is 0.549. The molecule has 0 spiro atoms. The van der Waals surface area contributed by atoms with Crippen LogP contribution in [0.2, 0.25) is 0 Å². The van der Waals surface area contributed by atoms with Crippen molar-refractivity contribution < 1.29 is 13.3 Å². The van der Waals surface area contributed by atoms with Crippen molar-refractivity contribution >= 4 is 55.4 Å². The lowest BCUT2D eigenvalue weighted by Crippen LogP contribution is -2.56. The van der Waals surface area contributed by atoms with Crippen LogP contribution in [0.25, 0.3) is 24.3 Å². The topological polar surface area (TPSA) is 30.9 Å². The molecule has 0 radical (unpaired) electrons. The summed E-state index contributed by atoms with van der Waals surface area (Å²) in [6, 6.07) is 46.5. The molecule has 0 saturated heterocycles. The van der Waals surface area contributed by atoms with E-state index in [1.807, 2.05) is 32.9 Å². The molecule has 5 aromatic carbocycles. The Labute approximate surface area is 269 Å². The molecule has 0 aliphatic carbocycles. The summed E-state index contributed by atoms with van der Waals surface area (Å²) in [5.41, 5.74) is 7.94. The highest BCUT2D eigenvalue weighted by atomic mass is 28.4. The van der Waals surface area contributed by atoms with Crippen LogP contribution in [-0.4, -0.2) is 28.6 Å². The molecule has 5 aromatic rings. The molecule has 228 valence electrons. The second-order valence-electron chi connectivity index (χ2n) is 10.4. The summed E-state index contributed by atoms with van der Waals surface area (Å²) in [5, 5.41) is 0.987. The van der Waals surface area contributed by atoms with Crippen LogP contribution >= 0.6 is 0 Å². The summed E-state index contributed by atoms with van der Waals surface area (Å²) in [7, 11) is -2.89. The molecule has 0 aromatic heterocycles. The van der Waals surface area contributed by atoms with Gasteiger partial charge in [-0.1, -0.05) is 121 Å². The number of anilines is 3. The molecule has 5 rings (SSSR count). The van der Waals surface area contributed by atoms with E-state index in [2.05, 4.69) is 151 Å². The fourth-order valence-corrected chi connectivity index (χ4v) is 7.65. The average Bonchev–Trinajstić information content (AvgIpc) is 3.09. The Hall–Kier alpha value is -4.52. The lowest BCUT2D eigenvalue weighted by molar-refractivity contribution is 0.0859. The van der Waals surface area contributed by atoms with Crippen molar-refractivity contribution in [2.75, 3.05) is 24.7 Å². The van der Waals surface area contributed by atoms with Crippen molar-refractivity contribution in [2.24, 2.45) is 0 Å². The van der Waals surface area contributed by atoms with Gasteiger partial charge < -0.3 is 18.2 Å². The normalized spacial score (nSPS) is 11.8. The molecule has 0 unspecified atom stereocenters. The molecule has 0 aliphatic heterocycles. The minimum Gasteiger partial charge on any atom is -0.370 e. The monoisotopic (exact) mass is 611 g/mol. The maximum atomic E-state index is 6.04.